The molecule has 1 aromatic heterocycles. The highest BCUT2D eigenvalue weighted by Crippen LogP contribution is 2.16. The number of aliphatic hydroxyl groups is 1. The molecule has 5 nitrogen and oxygen atoms in total. The standard InChI is InChI=1S/C13H22N2O3/c1-5-13(17,6-2)8-14-12(16)10-7-11(9(3)4)18-15-10/h7,9,17H,5-6,8H2,1-4H3,(H,14,16). The van der Waals surface area contributed by atoms with Gasteiger partial charge in [-0.1, -0.05) is 32.9 Å². The molecule has 1 rings (SSSR count). The van der Waals surface area contributed by atoms with Gasteiger partial charge in [0.05, 0.1) is 5.60 Å². The molecule has 0 radical (unpaired) electrons. The Labute approximate surface area is 108 Å². The maximum Gasteiger partial charge on any atom is 0.273 e. The maximum absolute atomic E-state index is 11.8. The van der Waals surface area contributed by atoms with Gasteiger partial charge in [-0.15, -0.1) is 0 Å². The summed E-state index contributed by atoms with van der Waals surface area (Å²) in [6.07, 6.45) is 1.19. The molecule has 0 unspecified atom stereocenters. The van der Waals surface area contributed by atoms with Crippen LogP contribution < -0.4 is 5.32 Å². The van der Waals surface area contributed by atoms with Crippen LogP contribution in [0.2, 0.25) is 0 Å². The van der Waals surface area contributed by atoms with Crippen LogP contribution in [0.3, 0.4) is 0 Å². The van der Waals surface area contributed by atoms with Crippen LogP contribution in [-0.2, 0) is 0 Å². The normalized spacial score (nSPS) is 11.9. The summed E-state index contributed by atoms with van der Waals surface area (Å²) in [6, 6.07) is 1.64. The van der Waals surface area contributed by atoms with Crippen molar-refractivity contribution in [3.63, 3.8) is 0 Å². The van der Waals surface area contributed by atoms with Crippen LogP contribution in [0.25, 0.3) is 0 Å². The van der Waals surface area contributed by atoms with Crippen molar-refractivity contribution in [2.75, 3.05) is 6.54 Å². The molecule has 0 atom stereocenters. The summed E-state index contributed by atoms with van der Waals surface area (Å²) in [6.45, 7) is 7.94. The molecule has 0 saturated heterocycles. The van der Waals surface area contributed by atoms with E-state index in [-0.39, 0.29) is 24.1 Å². The van der Waals surface area contributed by atoms with Crippen LogP contribution in [0.15, 0.2) is 10.6 Å². The van der Waals surface area contributed by atoms with Crippen LogP contribution >= 0.6 is 0 Å². The van der Waals surface area contributed by atoms with E-state index in [0.717, 1.165) is 0 Å². The van der Waals surface area contributed by atoms with Gasteiger partial charge in [-0.05, 0) is 12.8 Å². The lowest BCUT2D eigenvalue weighted by atomic mass is 9.97. The van der Waals surface area contributed by atoms with Crippen molar-refractivity contribution in [3.05, 3.63) is 17.5 Å². The van der Waals surface area contributed by atoms with Gasteiger partial charge in [0.1, 0.15) is 5.76 Å². The fourth-order valence-corrected chi connectivity index (χ4v) is 1.50. The molecule has 0 aliphatic rings. The van der Waals surface area contributed by atoms with Crippen LogP contribution in [0.5, 0.6) is 0 Å². The summed E-state index contributed by atoms with van der Waals surface area (Å²) in [5.74, 6) is 0.564. The number of hydrogen-bond donors (Lipinski definition) is 2. The number of nitrogens with zero attached hydrogens (tertiary/aromatic N) is 1. The Morgan fingerprint density at radius 3 is 2.56 bits per heavy atom. The van der Waals surface area contributed by atoms with Gasteiger partial charge >= 0.3 is 0 Å². The number of hydrogen-bond acceptors (Lipinski definition) is 4. The smallest absolute Gasteiger partial charge is 0.273 e. The Morgan fingerprint density at radius 2 is 2.11 bits per heavy atom. The Hall–Kier alpha value is -1.36. The zero-order valence-corrected chi connectivity index (χ0v) is 11.5. The summed E-state index contributed by atoms with van der Waals surface area (Å²) in [4.78, 5) is 11.8. The first-order chi connectivity index (χ1) is 8.41. The Morgan fingerprint density at radius 1 is 1.50 bits per heavy atom. The summed E-state index contributed by atoms with van der Waals surface area (Å²) < 4.78 is 5.06. The van der Waals surface area contributed by atoms with Crippen molar-refractivity contribution in [2.45, 2.75) is 52.1 Å². The van der Waals surface area contributed by atoms with E-state index in [2.05, 4.69) is 10.5 Å². The third kappa shape index (κ3) is 3.57. The highest BCUT2D eigenvalue weighted by Gasteiger charge is 2.24. The van der Waals surface area contributed by atoms with Gasteiger partial charge in [0.25, 0.3) is 5.91 Å². The SMILES string of the molecule is CCC(O)(CC)CNC(=O)c1cc(C(C)C)on1. The van der Waals surface area contributed by atoms with Crippen molar-refractivity contribution in [1.82, 2.24) is 10.5 Å². The molecule has 18 heavy (non-hydrogen) atoms. The molecule has 102 valence electrons. The lowest BCUT2D eigenvalue weighted by molar-refractivity contribution is 0.0312. The minimum atomic E-state index is -0.847. The highest BCUT2D eigenvalue weighted by atomic mass is 16.5. The first kappa shape index (κ1) is 14.7. The molecule has 0 aromatic carbocycles. The van der Waals surface area contributed by atoms with Gasteiger partial charge in [0, 0.05) is 18.5 Å². The lowest BCUT2D eigenvalue weighted by Gasteiger charge is -2.24. The Balaban J connectivity index is 2.60. The van der Waals surface area contributed by atoms with Gasteiger partial charge in [0.2, 0.25) is 0 Å². The second-order valence-corrected chi connectivity index (χ2v) is 4.88. The van der Waals surface area contributed by atoms with Crippen LogP contribution in [-0.4, -0.2) is 28.3 Å². The summed E-state index contributed by atoms with van der Waals surface area (Å²) in [7, 11) is 0. The van der Waals surface area contributed by atoms with Gasteiger partial charge in [-0.3, -0.25) is 4.79 Å². The van der Waals surface area contributed by atoms with Gasteiger partial charge in [-0.25, -0.2) is 0 Å². The quantitative estimate of drug-likeness (QED) is 0.815. The molecular weight excluding hydrogens is 232 g/mol. The van der Waals surface area contributed by atoms with Crippen molar-refractivity contribution in [2.24, 2.45) is 0 Å². The monoisotopic (exact) mass is 254 g/mol. The van der Waals surface area contributed by atoms with E-state index in [0.29, 0.717) is 18.6 Å². The van der Waals surface area contributed by atoms with Crippen LogP contribution in [0, 0.1) is 0 Å². The largest absolute Gasteiger partial charge is 0.388 e. The van der Waals surface area contributed by atoms with E-state index in [1.165, 1.54) is 0 Å². The minimum absolute atomic E-state index is 0.197. The maximum atomic E-state index is 11.8. The van der Waals surface area contributed by atoms with Crippen molar-refractivity contribution in [3.8, 4) is 0 Å². The molecule has 5 heteroatoms. The van der Waals surface area contributed by atoms with Gasteiger partial charge < -0.3 is 14.9 Å². The van der Waals surface area contributed by atoms with Crippen LogP contribution in [0.4, 0.5) is 0 Å². The first-order valence-electron chi connectivity index (χ1n) is 6.39. The molecule has 1 amide bonds. The fourth-order valence-electron chi connectivity index (χ4n) is 1.50. The molecule has 0 saturated carbocycles. The van der Waals surface area contributed by atoms with E-state index in [1.807, 2.05) is 27.7 Å². The number of carbonyl (C=O) groups excluding carboxylic acids is 1. The van der Waals surface area contributed by atoms with E-state index >= 15 is 0 Å². The average Bonchev–Trinajstić information content (AvgIpc) is 2.85. The molecule has 0 fully saturated rings. The molecule has 2 N–H and O–H groups in total. The summed E-state index contributed by atoms with van der Waals surface area (Å²) >= 11 is 0. The number of amides is 1. The van der Waals surface area contributed by atoms with Gasteiger partial charge in [-0.2, -0.15) is 0 Å². The second-order valence-electron chi connectivity index (χ2n) is 4.88. The van der Waals surface area contributed by atoms with E-state index in [4.69, 9.17) is 4.52 Å². The zero-order chi connectivity index (χ0) is 13.8. The number of aromatic nitrogens is 1. The average molecular weight is 254 g/mol. The zero-order valence-electron chi connectivity index (χ0n) is 11.5. The van der Waals surface area contributed by atoms with E-state index in [1.54, 1.807) is 6.07 Å². The molecule has 1 aromatic rings. The predicted octanol–water partition coefficient (Wildman–Crippen LogP) is 2.08. The van der Waals surface area contributed by atoms with Crippen molar-refractivity contribution >= 4 is 5.91 Å². The number of rotatable bonds is 6. The molecule has 0 spiro atoms. The predicted molar refractivity (Wildman–Crippen MR) is 68.5 cm³/mol. The van der Waals surface area contributed by atoms with Crippen molar-refractivity contribution in [1.29, 1.82) is 0 Å². The minimum Gasteiger partial charge on any atom is -0.388 e. The lowest BCUT2D eigenvalue weighted by Crippen LogP contribution is -2.42. The second kappa shape index (κ2) is 6.00. The molecule has 0 aliphatic heterocycles. The summed E-state index contributed by atoms with van der Waals surface area (Å²) in [5.41, 5.74) is -0.589. The number of carbonyl (C=O) groups is 1. The Bertz CT molecular complexity index is 395. The van der Waals surface area contributed by atoms with Crippen LogP contribution in [0.1, 0.15) is 62.7 Å². The third-order valence-electron chi connectivity index (χ3n) is 3.22. The van der Waals surface area contributed by atoms with E-state index in [9.17, 15) is 9.90 Å². The first-order valence-corrected chi connectivity index (χ1v) is 6.39. The number of nitrogens with one attached hydrogen (secondary N) is 1. The molecule has 0 aliphatic carbocycles. The van der Waals surface area contributed by atoms with Gasteiger partial charge in [0.15, 0.2) is 5.69 Å². The van der Waals surface area contributed by atoms with E-state index < -0.39 is 5.60 Å². The summed E-state index contributed by atoms with van der Waals surface area (Å²) in [5, 5.41) is 16.5. The Kier molecular flexibility index (Phi) is 4.90. The molecule has 1 heterocycles. The highest BCUT2D eigenvalue weighted by molar-refractivity contribution is 5.92. The topological polar surface area (TPSA) is 75.4 Å². The van der Waals surface area contributed by atoms with Crippen molar-refractivity contribution < 1.29 is 14.4 Å². The molecule has 0 bridgehead atoms. The molecular formula is C13H22N2O3. The fraction of sp³-hybridized carbons (Fsp3) is 0.692. The third-order valence-corrected chi connectivity index (χ3v) is 3.22.